The second-order valence-electron chi connectivity index (χ2n) is 6.11. The number of para-hydroxylation sites is 1. The molecule has 2 aromatic rings. The van der Waals surface area contributed by atoms with E-state index in [0.717, 1.165) is 12.0 Å². The number of hydrogen-bond acceptors (Lipinski definition) is 5. The average Bonchev–Trinajstić information content (AvgIpc) is 2.96. The number of amides is 2. The van der Waals surface area contributed by atoms with Crippen molar-refractivity contribution in [3.05, 3.63) is 53.1 Å². The Balaban J connectivity index is 1.42. The zero-order valence-corrected chi connectivity index (χ0v) is 16.0. The molecule has 0 aliphatic carbocycles. The standard InChI is InChI=1S/C20H21ClN2O5/c21-16-9-14(10-17-20(16)27-8-4-7-26-17)11-22-18(24)12-23-19(25)13-28-15-5-2-1-3-6-15/h1-3,5-6,9-10H,4,7-8,11-13H2,(H,22,24)(H,23,25). The highest BCUT2D eigenvalue weighted by Crippen LogP contribution is 2.37. The number of nitrogens with one attached hydrogen (secondary N) is 2. The van der Waals surface area contributed by atoms with E-state index in [9.17, 15) is 9.59 Å². The number of benzene rings is 2. The van der Waals surface area contributed by atoms with Crippen molar-refractivity contribution in [3.8, 4) is 17.2 Å². The van der Waals surface area contributed by atoms with Crippen LogP contribution >= 0.6 is 11.6 Å². The Hall–Kier alpha value is -2.93. The van der Waals surface area contributed by atoms with Gasteiger partial charge in [0.15, 0.2) is 18.1 Å². The lowest BCUT2D eigenvalue weighted by molar-refractivity contribution is -0.127. The minimum atomic E-state index is -0.377. The second kappa shape index (κ2) is 9.85. The molecule has 2 N–H and O–H groups in total. The Bertz CT molecular complexity index is 829. The molecule has 0 fully saturated rings. The molecule has 0 saturated carbocycles. The fourth-order valence-corrected chi connectivity index (χ4v) is 2.83. The van der Waals surface area contributed by atoms with Crippen molar-refractivity contribution in [1.29, 1.82) is 0 Å². The molecule has 0 radical (unpaired) electrons. The normalized spacial score (nSPS) is 12.6. The predicted octanol–water partition coefficient (Wildman–Crippen LogP) is 2.31. The average molecular weight is 405 g/mol. The number of fused-ring (bicyclic) bond motifs is 1. The molecule has 2 amide bonds. The number of halogens is 1. The molecule has 7 nitrogen and oxygen atoms in total. The molecule has 2 aromatic carbocycles. The fourth-order valence-electron chi connectivity index (χ4n) is 2.54. The van der Waals surface area contributed by atoms with E-state index in [1.165, 1.54) is 0 Å². The van der Waals surface area contributed by atoms with Crippen LogP contribution in [0.3, 0.4) is 0 Å². The molecule has 1 heterocycles. The first-order chi connectivity index (χ1) is 13.6. The van der Waals surface area contributed by atoms with Gasteiger partial charge >= 0.3 is 0 Å². The van der Waals surface area contributed by atoms with Crippen LogP contribution in [0, 0.1) is 0 Å². The summed E-state index contributed by atoms with van der Waals surface area (Å²) in [6, 6.07) is 12.5. The number of carbonyl (C=O) groups excluding carboxylic acids is 2. The SMILES string of the molecule is O=C(CNC(=O)COc1ccccc1)NCc1cc(Cl)c2c(c1)OCCCO2. The number of ether oxygens (including phenoxy) is 3. The van der Waals surface area contributed by atoms with Gasteiger partial charge in [0.05, 0.1) is 24.8 Å². The highest BCUT2D eigenvalue weighted by atomic mass is 35.5. The van der Waals surface area contributed by atoms with Crippen LogP contribution in [0.4, 0.5) is 0 Å². The summed E-state index contributed by atoms with van der Waals surface area (Å²) in [5, 5.41) is 5.68. The van der Waals surface area contributed by atoms with Crippen LogP contribution in [0.25, 0.3) is 0 Å². The Morgan fingerprint density at radius 3 is 2.64 bits per heavy atom. The molecule has 0 aromatic heterocycles. The zero-order chi connectivity index (χ0) is 19.8. The van der Waals surface area contributed by atoms with Crippen LogP contribution in [0.1, 0.15) is 12.0 Å². The summed E-state index contributed by atoms with van der Waals surface area (Å²) in [7, 11) is 0. The van der Waals surface area contributed by atoms with Crippen LogP contribution in [0.15, 0.2) is 42.5 Å². The lowest BCUT2D eigenvalue weighted by Crippen LogP contribution is -2.38. The molecule has 0 unspecified atom stereocenters. The predicted molar refractivity (Wildman–Crippen MR) is 104 cm³/mol. The largest absolute Gasteiger partial charge is 0.489 e. The highest BCUT2D eigenvalue weighted by Gasteiger charge is 2.16. The number of hydrogen-bond donors (Lipinski definition) is 2. The third kappa shape index (κ3) is 5.79. The summed E-state index contributed by atoms with van der Waals surface area (Å²) >= 11 is 6.23. The highest BCUT2D eigenvalue weighted by molar-refractivity contribution is 6.32. The van der Waals surface area contributed by atoms with E-state index in [-0.39, 0.29) is 31.5 Å². The second-order valence-corrected chi connectivity index (χ2v) is 6.52. The third-order valence-corrected chi connectivity index (χ3v) is 4.19. The van der Waals surface area contributed by atoms with Gasteiger partial charge in [0.1, 0.15) is 5.75 Å². The van der Waals surface area contributed by atoms with E-state index >= 15 is 0 Å². The molecule has 0 spiro atoms. The Morgan fingerprint density at radius 1 is 1.04 bits per heavy atom. The number of rotatable bonds is 7. The van der Waals surface area contributed by atoms with Crippen molar-refractivity contribution in [1.82, 2.24) is 10.6 Å². The van der Waals surface area contributed by atoms with E-state index in [1.807, 2.05) is 18.2 Å². The number of carbonyl (C=O) groups is 2. The van der Waals surface area contributed by atoms with Crippen molar-refractivity contribution >= 4 is 23.4 Å². The first-order valence-electron chi connectivity index (χ1n) is 8.91. The van der Waals surface area contributed by atoms with Crippen molar-refractivity contribution in [2.75, 3.05) is 26.4 Å². The van der Waals surface area contributed by atoms with Gasteiger partial charge in [-0.25, -0.2) is 0 Å². The van der Waals surface area contributed by atoms with E-state index in [4.69, 9.17) is 25.8 Å². The van der Waals surface area contributed by atoms with Crippen LogP contribution in [-0.4, -0.2) is 38.2 Å². The van der Waals surface area contributed by atoms with Gasteiger partial charge in [0.2, 0.25) is 5.91 Å². The van der Waals surface area contributed by atoms with Crippen LogP contribution in [0.2, 0.25) is 5.02 Å². The van der Waals surface area contributed by atoms with Gasteiger partial charge in [0, 0.05) is 13.0 Å². The maximum atomic E-state index is 12.0. The first-order valence-corrected chi connectivity index (χ1v) is 9.29. The Morgan fingerprint density at radius 2 is 1.82 bits per heavy atom. The summed E-state index contributed by atoms with van der Waals surface area (Å²) in [5.74, 6) is 0.989. The molecule has 0 saturated heterocycles. The minimum Gasteiger partial charge on any atom is -0.489 e. The molecule has 0 bridgehead atoms. The molecule has 1 aliphatic heterocycles. The summed E-state index contributed by atoms with van der Waals surface area (Å²) in [6.45, 7) is 1.06. The summed E-state index contributed by atoms with van der Waals surface area (Å²) in [4.78, 5) is 23.7. The van der Waals surface area contributed by atoms with Gasteiger partial charge in [-0.15, -0.1) is 0 Å². The molecule has 148 valence electrons. The molecular weight excluding hydrogens is 384 g/mol. The summed E-state index contributed by atoms with van der Waals surface area (Å²) < 4.78 is 16.5. The van der Waals surface area contributed by atoms with E-state index < -0.39 is 0 Å². The Kier molecular flexibility index (Phi) is 6.97. The lowest BCUT2D eigenvalue weighted by atomic mass is 10.2. The van der Waals surface area contributed by atoms with Crippen LogP contribution in [-0.2, 0) is 16.1 Å². The quantitative estimate of drug-likeness (QED) is 0.739. The monoisotopic (exact) mass is 404 g/mol. The van der Waals surface area contributed by atoms with Crippen molar-refractivity contribution in [3.63, 3.8) is 0 Å². The van der Waals surface area contributed by atoms with Gasteiger partial charge in [-0.1, -0.05) is 29.8 Å². The molecule has 0 atom stereocenters. The first kappa shape index (κ1) is 19.8. The molecule has 28 heavy (non-hydrogen) atoms. The van der Waals surface area contributed by atoms with E-state index in [0.29, 0.717) is 35.5 Å². The van der Waals surface area contributed by atoms with Crippen molar-refractivity contribution < 1.29 is 23.8 Å². The maximum absolute atomic E-state index is 12.0. The zero-order valence-electron chi connectivity index (χ0n) is 15.2. The van der Waals surface area contributed by atoms with E-state index in [2.05, 4.69) is 10.6 Å². The van der Waals surface area contributed by atoms with Gasteiger partial charge in [-0.3, -0.25) is 9.59 Å². The molecule has 8 heteroatoms. The smallest absolute Gasteiger partial charge is 0.258 e. The van der Waals surface area contributed by atoms with Gasteiger partial charge in [-0.2, -0.15) is 0 Å². The maximum Gasteiger partial charge on any atom is 0.258 e. The fraction of sp³-hybridized carbons (Fsp3) is 0.300. The molecule has 1 aliphatic rings. The summed E-state index contributed by atoms with van der Waals surface area (Å²) in [6.07, 6.45) is 0.783. The van der Waals surface area contributed by atoms with Crippen LogP contribution in [0.5, 0.6) is 17.2 Å². The van der Waals surface area contributed by atoms with E-state index in [1.54, 1.807) is 24.3 Å². The van der Waals surface area contributed by atoms with Gasteiger partial charge in [-0.05, 0) is 29.8 Å². The molecule has 3 rings (SSSR count). The lowest BCUT2D eigenvalue weighted by Gasteiger charge is -2.12. The van der Waals surface area contributed by atoms with Crippen LogP contribution < -0.4 is 24.8 Å². The Labute approximate surface area is 167 Å². The van der Waals surface area contributed by atoms with Gasteiger partial charge in [0.25, 0.3) is 5.91 Å². The third-order valence-electron chi connectivity index (χ3n) is 3.91. The topological polar surface area (TPSA) is 85.9 Å². The van der Waals surface area contributed by atoms with Crippen molar-refractivity contribution in [2.45, 2.75) is 13.0 Å². The van der Waals surface area contributed by atoms with Gasteiger partial charge < -0.3 is 24.8 Å². The molecular formula is C20H21ClN2O5. The summed E-state index contributed by atoms with van der Waals surface area (Å²) in [5.41, 5.74) is 0.779. The van der Waals surface area contributed by atoms with Crippen molar-refractivity contribution in [2.24, 2.45) is 0 Å². The minimum absolute atomic E-state index is 0.144.